The fourth-order valence-electron chi connectivity index (χ4n) is 1.22. The maximum Gasteiger partial charge on any atom is 0.211 e. The van der Waals surface area contributed by atoms with Crippen molar-refractivity contribution >= 4 is 12.2 Å². The van der Waals surface area contributed by atoms with Crippen LogP contribution in [0.3, 0.4) is 0 Å². The lowest BCUT2D eigenvalue weighted by Gasteiger charge is -2.10. The van der Waals surface area contributed by atoms with Gasteiger partial charge in [0.25, 0.3) is 0 Å². The van der Waals surface area contributed by atoms with Crippen LogP contribution in [0.25, 0.3) is 0 Å². The standard InChI is InChI=1S/C12H14N4O2/c1-3-7-18-11-9(8-15-16-12(13)14)5-4-6-10(11)17-2/h1,4-6,8H,7H2,2H3,(H4,13,14,16). The topological polar surface area (TPSA) is 95.2 Å². The van der Waals surface area contributed by atoms with Gasteiger partial charge in [0.15, 0.2) is 11.5 Å². The van der Waals surface area contributed by atoms with Crippen LogP contribution < -0.4 is 20.9 Å². The quantitative estimate of drug-likeness (QED) is 0.338. The molecular weight excluding hydrogens is 232 g/mol. The molecule has 1 aromatic rings. The van der Waals surface area contributed by atoms with Crippen LogP contribution in [-0.2, 0) is 0 Å². The lowest BCUT2D eigenvalue weighted by Crippen LogP contribution is -2.21. The number of nitrogens with two attached hydrogens (primary N) is 2. The third-order valence-electron chi connectivity index (χ3n) is 1.90. The predicted molar refractivity (Wildman–Crippen MR) is 70.7 cm³/mol. The number of para-hydroxylation sites is 1. The second-order valence-electron chi connectivity index (χ2n) is 3.14. The highest BCUT2D eigenvalue weighted by Gasteiger charge is 2.08. The lowest BCUT2D eigenvalue weighted by molar-refractivity contribution is 0.330. The number of methoxy groups -OCH3 is 1. The summed E-state index contributed by atoms with van der Waals surface area (Å²) in [7, 11) is 1.54. The Labute approximate surface area is 105 Å². The third kappa shape index (κ3) is 3.72. The Morgan fingerprint density at radius 2 is 2.28 bits per heavy atom. The Morgan fingerprint density at radius 3 is 2.89 bits per heavy atom. The van der Waals surface area contributed by atoms with Gasteiger partial charge in [0, 0.05) is 5.56 Å². The highest BCUT2D eigenvalue weighted by molar-refractivity contribution is 5.86. The van der Waals surface area contributed by atoms with Crippen molar-refractivity contribution in [3.8, 4) is 23.8 Å². The summed E-state index contributed by atoms with van der Waals surface area (Å²) in [5.41, 5.74) is 11.0. The van der Waals surface area contributed by atoms with Gasteiger partial charge in [0.1, 0.15) is 6.61 Å². The number of benzene rings is 1. The SMILES string of the molecule is C#CCOc1c(C=NN=C(N)N)cccc1OC. The Morgan fingerprint density at radius 1 is 1.50 bits per heavy atom. The molecule has 0 aromatic heterocycles. The molecule has 18 heavy (non-hydrogen) atoms. The van der Waals surface area contributed by atoms with Crippen LogP contribution in [0.5, 0.6) is 11.5 Å². The Balaban J connectivity index is 3.06. The molecule has 0 aliphatic rings. The number of guanidine groups is 1. The normalized spacial score (nSPS) is 9.78. The fraction of sp³-hybridized carbons (Fsp3) is 0.167. The van der Waals surface area contributed by atoms with E-state index in [9.17, 15) is 0 Å². The van der Waals surface area contributed by atoms with E-state index in [1.54, 1.807) is 18.2 Å². The van der Waals surface area contributed by atoms with Gasteiger partial charge in [-0.1, -0.05) is 12.0 Å². The third-order valence-corrected chi connectivity index (χ3v) is 1.90. The van der Waals surface area contributed by atoms with Gasteiger partial charge in [0.2, 0.25) is 5.96 Å². The highest BCUT2D eigenvalue weighted by atomic mass is 16.5. The van der Waals surface area contributed by atoms with Gasteiger partial charge in [-0.05, 0) is 12.1 Å². The first kappa shape index (κ1) is 13.4. The molecule has 0 bridgehead atoms. The minimum absolute atomic E-state index is 0.125. The molecule has 0 fully saturated rings. The van der Waals surface area contributed by atoms with E-state index < -0.39 is 0 Å². The first-order chi connectivity index (χ1) is 8.69. The number of nitrogens with zero attached hydrogens (tertiary/aromatic N) is 2. The molecule has 0 amide bonds. The molecule has 6 nitrogen and oxygen atoms in total. The van der Waals surface area contributed by atoms with E-state index in [1.165, 1.54) is 13.3 Å². The summed E-state index contributed by atoms with van der Waals surface area (Å²) in [4.78, 5) is 0. The first-order valence-corrected chi connectivity index (χ1v) is 5.04. The van der Waals surface area contributed by atoms with Crippen LogP contribution in [0.4, 0.5) is 0 Å². The minimum Gasteiger partial charge on any atom is -0.493 e. The van der Waals surface area contributed by atoms with Gasteiger partial charge < -0.3 is 20.9 Å². The molecule has 0 atom stereocenters. The average molecular weight is 246 g/mol. The molecule has 0 spiro atoms. The lowest BCUT2D eigenvalue weighted by atomic mass is 10.2. The van der Waals surface area contributed by atoms with Gasteiger partial charge in [-0.15, -0.1) is 11.5 Å². The van der Waals surface area contributed by atoms with Crippen molar-refractivity contribution in [3.63, 3.8) is 0 Å². The van der Waals surface area contributed by atoms with Gasteiger partial charge in [-0.2, -0.15) is 5.10 Å². The summed E-state index contributed by atoms with van der Waals surface area (Å²) in [6.07, 6.45) is 6.61. The number of terminal acetylenes is 1. The number of hydrogen-bond donors (Lipinski definition) is 2. The van der Waals surface area contributed by atoms with Crippen LogP contribution >= 0.6 is 0 Å². The van der Waals surface area contributed by atoms with E-state index in [-0.39, 0.29) is 12.6 Å². The zero-order chi connectivity index (χ0) is 13.4. The summed E-state index contributed by atoms with van der Waals surface area (Å²) < 4.78 is 10.6. The summed E-state index contributed by atoms with van der Waals surface area (Å²) >= 11 is 0. The molecular formula is C12H14N4O2. The second-order valence-corrected chi connectivity index (χ2v) is 3.14. The number of ether oxygens (including phenoxy) is 2. The largest absolute Gasteiger partial charge is 0.493 e. The van der Waals surface area contributed by atoms with E-state index in [0.29, 0.717) is 17.1 Å². The molecule has 1 aromatic carbocycles. The molecule has 6 heteroatoms. The second kappa shape index (κ2) is 6.81. The van der Waals surface area contributed by atoms with Crippen LogP contribution in [0.1, 0.15) is 5.56 Å². The maximum atomic E-state index is 5.40. The van der Waals surface area contributed by atoms with Crippen LogP contribution in [0.2, 0.25) is 0 Å². The molecule has 0 radical (unpaired) electrons. The summed E-state index contributed by atoms with van der Waals surface area (Å²) in [6, 6.07) is 5.32. The van der Waals surface area contributed by atoms with Crippen LogP contribution in [0.15, 0.2) is 28.4 Å². The van der Waals surface area contributed by atoms with Gasteiger partial charge >= 0.3 is 0 Å². The summed E-state index contributed by atoms with van der Waals surface area (Å²) in [5, 5.41) is 7.21. The average Bonchev–Trinajstić information content (AvgIpc) is 2.36. The molecule has 94 valence electrons. The Hall–Kier alpha value is -2.68. The molecule has 0 heterocycles. The van der Waals surface area contributed by atoms with E-state index in [2.05, 4.69) is 16.1 Å². The van der Waals surface area contributed by atoms with Crippen molar-refractivity contribution in [1.82, 2.24) is 0 Å². The fourth-order valence-corrected chi connectivity index (χ4v) is 1.22. The van der Waals surface area contributed by atoms with E-state index in [0.717, 1.165) is 0 Å². The smallest absolute Gasteiger partial charge is 0.211 e. The number of rotatable bonds is 5. The van der Waals surface area contributed by atoms with E-state index in [1.807, 2.05) is 0 Å². The molecule has 1 rings (SSSR count). The van der Waals surface area contributed by atoms with Crippen LogP contribution in [-0.4, -0.2) is 25.9 Å². The molecule has 0 saturated carbocycles. The number of hydrogen-bond acceptors (Lipinski definition) is 4. The van der Waals surface area contributed by atoms with Crippen molar-refractivity contribution in [2.75, 3.05) is 13.7 Å². The molecule has 0 aliphatic carbocycles. The maximum absolute atomic E-state index is 5.40. The Bertz CT molecular complexity index is 499. The summed E-state index contributed by atoms with van der Waals surface area (Å²) in [5.74, 6) is 3.30. The first-order valence-electron chi connectivity index (χ1n) is 5.04. The molecule has 0 saturated heterocycles. The van der Waals surface area contributed by atoms with Gasteiger partial charge in [-0.3, -0.25) is 0 Å². The van der Waals surface area contributed by atoms with Crippen molar-refractivity contribution < 1.29 is 9.47 Å². The zero-order valence-corrected chi connectivity index (χ0v) is 9.96. The van der Waals surface area contributed by atoms with Gasteiger partial charge in [-0.25, -0.2) is 0 Å². The van der Waals surface area contributed by atoms with Crippen molar-refractivity contribution in [2.45, 2.75) is 0 Å². The molecule has 0 aliphatic heterocycles. The van der Waals surface area contributed by atoms with Gasteiger partial charge in [0.05, 0.1) is 13.3 Å². The van der Waals surface area contributed by atoms with E-state index in [4.69, 9.17) is 27.4 Å². The van der Waals surface area contributed by atoms with E-state index >= 15 is 0 Å². The Kier molecular flexibility index (Phi) is 5.06. The van der Waals surface area contributed by atoms with Crippen molar-refractivity contribution in [1.29, 1.82) is 0 Å². The monoisotopic (exact) mass is 246 g/mol. The molecule has 4 N–H and O–H groups in total. The van der Waals surface area contributed by atoms with Crippen LogP contribution in [0, 0.1) is 12.3 Å². The minimum atomic E-state index is -0.125. The zero-order valence-electron chi connectivity index (χ0n) is 9.96. The highest BCUT2D eigenvalue weighted by Crippen LogP contribution is 2.29. The van der Waals surface area contributed by atoms with Crippen molar-refractivity contribution in [3.05, 3.63) is 23.8 Å². The predicted octanol–water partition coefficient (Wildman–Crippen LogP) is 0.314. The van der Waals surface area contributed by atoms with Crippen molar-refractivity contribution in [2.24, 2.45) is 21.7 Å². The molecule has 0 unspecified atom stereocenters. The summed E-state index contributed by atoms with van der Waals surface area (Å²) in [6.45, 7) is 0.128.